The molecule has 20 heavy (non-hydrogen) atoms. The lowest BCUT2D eigenvalue weighted by Gasteiger charge is -2.26. The van der Waals surface area contributed by atoms with E-state index in [4.69, 9.17) is 15.3 Å². The normalized spacial score (nSPS) is 19.0. The Morgan fingerprint density at radius 1 is 1.05 bits per heavy atom. The Balaban J connectivity index is 4.72. The topological polar surface area (TPSA) is 168 Å². The number of aliphatic hydroxyl groups is 5. The lowest BCUT2D eigenvalue weighted by molar-refractivity contribution is -0.153. The molecule has 0 aromatic carbocycles. The molecule has 0 aromatic rings. The Morgan fingerprint density at radius 2 is 1.55 bits per heavy atom. The molecule has 5 atom stereocenters. The largest absolute Gasteiger partial charge is 0.480 e. The van der Waals surface area contributed by atoms with Crippen LogP contribution in [0.15, 0.2) is 0 Å². The van der Waals surface area contributed by atoms with Crippen LogP contribution in [0.1, 0.15) is 13.8 Å². The van der Waals surface area contributed by atoms with Gasteiger partial charge < -0.3 is 36.0 Å². The van der Waals surface area contributed by atoms with Gasteiger partial charge in [0.25, 0.3) is 5.91 Å². The fourth-order valence-electron chi connectivity index (χ4n) is 1.43. The lowest BCUT2D eigenvalue weighted by atomic mass is 10.0. The zero-order valence-corrected chi connectivity index (χ0v) is 11.2. The fourth-order valence-corrected chi connectivity index (χ4v) is 1.43. The Morgan fingerprint density at radius 3 is 1.90 bits per heavy atom. The van der Waals surface area contributed by atoms with Gasteiger partial charge in [0.05, 0.1) is 6.61 Å². The monoisotopic (exact) mass is 295 g/mol. The summed E-state index contributed by atoms with van der Waals surface area (Å²) in [5.41, 5.74) is 0. The molecular weight excluding hydrogens is 274 g/mol. The van der Waals surface area contributed by atoms with E-state index in [1.54, 1.807) is 0 Å². The van der Waals surface area contributed by atoms with Crippen LogP contribution in [0.5, 0.6) is 0 Å². The van der Waals surface area contributed by atoms with Crippen LogP contribution in [0.3, 0.4) is 0 Å². The van der Waals surface area contributed by atoms with E-state index in [1.165, 1.54) is 13.8 Å². The van der Waals surface area contributed by atoms with Crippen LogP contribution >= 0.6 is 0 Å². The fraction of sp³-hybridized carbons (Fsp3) is 0.818. The molecule has 0 spiro atoms. The van der Waals surface area contributed by atoms with E-state index in [1.807, 2.05) is 5.32 Å². The number of rotatable bonds is 8. The highest BCUT2D eigenvalue weighted by molar-refractivity contribution is 5.86. The van der Waals surface area contributed by atoms with Gasteiger partial charge in [0.15, 0.2) is 6.10 Å². The highest BCUT2D eigenvalue weighted by Gasteiger charge is 2.36. The van der Waals surface area contributed by atoms with Crippen LogP contribution < -0.4 is 5.32 Å². The number of carbonyl (C=O) groups is 2. The van der Waals surface area contributed by atoms with E-state index >= 15 is 0 Å². The Kier molecular flexibility index (Phi) is 7.61. The van der Waals surface area contributed by atoms with Crippen molar-refractivity contribution in [3.63, 3.8) is 0 Å². The standard InChI is InChI=1S/C11H21NO8/c1-4(2)6(11(19)20)12-10(18)9(17)8(16)7(15)5(14)3-13/h4-9,13-17H,3H2,1-2H3,(H,12,18)(H,19,20)/t5-,6+,7-,8-,9+/m1/s1. The zero-order valence-electron chi connectivity index (χ0n) is 11.2. The van der Waals surface area contributed by atoms with Crippen molar-refractivity contribution in [2.75, 3.05) is 6.61 Å². The van der Waals surface area contributed by atoms with Crippen molar-refractivity contribution in [1.29, 1.82) is 0 Å². The van der Waals surface area contributed by atoms with Crippen LogP contribution in [0, 0.1) is 5.92 Å². The summed E-state index contributed by atoms with van der Waals surface area (Å²) >= 11 is 0. The highest BCUT2D eigenvalue weighted by atomic mass is 16.4. The van der Waals surface area contributed by atoms with Crippen molar-refractivity contribution in [3.8, 4) is 0 Å². The average molecular weight is 295 g/mol. The van der Waals surface area contributed by atoms with Crippen LogP contribution in [-0.4, -0.2) is 79.6 Å². The molecule has 0 unspecified atom stereocenters. The van der Waals surface area contributed by atoms with Gasteiger partial charge in [-0.15, -0.1) is 0 Å². The predicted molar refractivity (Wildman–Crippen MR) is 65.5 cm³/mol. The van der Waals surface area contributed by atoms with Gasteiger partial charge in [-0.05, 0) is 5.92 Å². The van der Waals surface area contributed by atoms with Crippen molar-refractivity contribution in [3.05, 3.63) is 0 Å². The molecule has 0 bridgehead atoms. The minimum absolute atomic E-state index is 0.464. The summed E-state index contributed by atoms with van der Waals surface area (Å²) in [4.78, 5) is 22.5. The first-order valence-corrected chi connectivity index (χ1v) is 5.99. The van der Waals surface area contributed by atoms with Crippen molar-refractivity contribution in [2.45, 2.75) is 44.3 Å². The number of amides is 1. The third-order valence-corrected chi connectivity index (χ3v) is 2.75. The molecule has 0 radical (unpaired) electrons. The van der Waals surface area contributed by atoms with Gasteiger partial charge in [-0.25, -0.2) is 4.79 Å². The van der Waals surface area contributed by atoms with Gasteiger partial charge in [-0.2, -0.15) is 0 Å². The van der Waals surface area contributed by atoms with Crippen molar-refractivity contribution in [2.24, 2.45) is 5.92 Å². The Hall–Kier alpha value is -1.26. The van der Waals surface area contributed by atoms with E-state index in [0.717, 1.165) is 0 Å². The molecule has 9 heteroatoms. The summed E-state index contributed by atoms with van der Waals surface area (Å²) < 4.78 is 0. The first-order valence-electron chi connectivity index (χ1n) is 5.99. The van der Waals surface area contributed by atoms with Crippen LogP contribution in [0.4, 0.5) is 0 Å². The number of aliphatic carboxylic acids is 1. The molecule has 9 nitrogen and oxygen atoms in total. The maximum atomic E-state index is 11.6. The average Bonchev–Trinajstić information content (AvgIpc) is 2.39. The SMILES string of the molecule is CC(C)[C@H](NC(=O)[C@@H](O)[C@H](O)[C@H](O)[C@H](O)CO)C(=O)O. The predicted octanol–water partition coefficient (Wildman–Crippen LogP) is -3.35. The maximum absolute atomic E-state index is 11.6. The number of aliphatic hydroxyl groups excluding tert-OH is 5. The van der Waals surface area contributed by atoms with Gasteiger partial charge in [0.2, 0.25) is 0 Å². The molecule has 0 aliphatic carbocycles. The van der Waals surface area contributed by atoms with Gasteiger partial charge in [-0.3, -0.25) is 4.79 Å². The first-order chi connectivity index (χ1) is 9.13. The van der Waals surface area contributed by atoms with Crippen molar-refractivity contribution >= 4 is 11.9 Å². The van der Waals surface area contributed by atoms with E-state index in [9.17, 15) is 24.9 Å². The second-order valence-corrected chi connectivity index (χ2v) is 4.74. The maximum Gasteiger partial charge on any atom is 0.326 e. The van der Waals surface area contributed by atoms with Crippen LogP contribution in [0.2, 0.25) is 0 Å². The zero-order chi connectivity index (χ0) is 16.0. The molecule has 0 heterocycles. The summed E-state index contributed by atoms with van der Waals surface area (Å²) in [6, 6.07) is -1.27. The van der Waals surface area contributed by atoms with Crippen molar-refractivity contribution in [1.82, 2.24) is 5.32 Å². The Labute approximate surface area is 115 Å². The molecule has 0 fully saturated rings. The number of nitrogens with one attached hydrogen (secondary N) is 1. The van der Waals surface area contributed by atoms with Crippen LogP contribution in [-0.2, 0) is 9.59 Å². The highest BCUT2D eigenvalue weighted by Crippen LogP contribution is 2.07. The lowest BCUT2D eigenvalue weighted by Crippen LogP contribution is -2.55. The second kappa shape index (κ2) is 8.12. The minimum atomic E-state index is -2.15. The summed E-state index contributed by atoms with van der Waals surface area (Å²) in [6.45, 7) is 2.19. The second-order valence-electron chi connectivity index (χ2n) is 4.74. The third kappa shape index (κ3) is 5.02. The number of carbonyl (C=O) groups excluding carboxylic acids is 1. The van der Waals surface area contributed by atoms with E-state index in [2.05, 4.69) is 0 Å². The van der Waals surface area contributed by atoms with Crippen LogP contribution in [0.25, 0.3) is 0 Å². The van der Waals surface area contributed by atoms with Gasteiger partial charge in [0.1, 0.15) is 24.4 Å². The number of hydrogen-bond acceptors (Lipinski definition) is 7. The van der Waals surface area contributed by atoms with E-state index in [-0.39, 0.29) is 0 Å². The molecule has 118 valence electrons. The molecule has 0 rings (SSSR count). The first kappa shape index (κ1) is 18.7. The molecule has 7 N–H and O–H groups in total. The summed E-state index contributed by atoms with van der Waals surface area (Å²) in [5, 5.41) is 56.9. The summed E-state index contributed by atoms with van der Waals surface area (Å²) in [6.07, 6.45) is -7.92. The summed E-state index contributed by atoms with van der Waals surface area (Å²) in [5.74, 6) is -2.98. The molecule has 0 saturated heterocycles. The third-order valence-electron chi connectivity index (χ3n) is 2.75. The molecule has 0 saturated carbocycles. The van der Waals surface area contributed by atoms with E-state index in [0.29, 0.717) is 0 Å². The molecule has 0 aliphatic heterocycles. The molecule has 0 aliphatic rings. The number of carboxylic acids is 1. The quantitative estimate of drug-likeness (QED) is 0.244. The van der Waals surface area contributed by atoms with Gasteiger partial charge >= 0.3 is 5.97 Å². The molecule has 1 amide bonds. The Bertz CT molecular complexity index is 334. The minimum Gasteiger partial charge on any atom is -0.480 e. The smallest absolute Gasteiger partial charge is 0.326 e. The molecular formula is C11H21NO8. The summed E-state index contributed by atoms with van der Waals surface area (Å²) in [7, 11) is 0. The number of hydrogen-bond donors (Lipinski definition) is 7. The van der Waals surface area contributed by atoms with E-state index < -0.39 is 54.9 Å². The van der Waals surface area contributed by atoms with Crippen molar-refractivity contribution < 1.29 is 40.2 Å². The van der Waals surface area contributed by atoms with Gasteiger partial charge in [0, 0.05) is 0 Å². The number of carboxylic acid groups (broad SMARTS) is 1. The van der Waals surface area contributed by atoms with Gasteiger partial charge in [-0.1, -0.05) is 13.8 Å². The molecule has 0 aromatic heterocycles.